The summed E-state index contributed by atoms with van der Waals surface area (Å²) in [6, 6.07) is 7.13. The molecule has 112 valence electrons. The van der Waals surface area contributed by atoms with E-state index in [1.165, 1.54) is 6.08 Å². The molecule has 0 saturated heterocycles. The van der Waals surface area contributed by atoms with Crippen LogP contribution in [0, 0.1) is 0 Å². The molecule has 0 saturated carbocycles. The fourth-order valence-electron chi connectivity index (χ4n) is 1.55. The van der Waals surface area contributed by atoms with E-state index in [0.29, 0.717) is 18.8 Å². The minimum absolute atomic E-state index is 0.179. The van der Waals surface area contributed by atoms with E-state index in [1.807, 2.05) is 32.1 Å². The molecule has 5 nitrogen and oxygen atoms in total. The van der Waals surface area contributed by atoms with Gasteiger partial charge in [-0.3, -0.25) is 4.79 Å². The van der Waals surface area contributed by atoms with Crippen molar-refractivity contribution in [3.8, 4) is 0 Å². The van der Waals surface area contributed by atoms with Crippen molar-refractivity contribution >= 4 is 17.6 Å². The topological polar surface area (TPSA) is 70.2 Å². The maximum Gasteiger partial charge on any atom is 0.315 e. The third-order valence-electron chi connectivity index (χ3n) is 2.56. The summed E-state index contributed by atoms with van der Waals surface area (Å²) < 4.78 is 0. The highest BCUT2D eigenvalue weighted by atomic mass is 16.2. The van der Waals surface area contributed by atoms with Gasteiger partial charge < -0.3 is 16.0 Å². The molecule has 0 spiro atoms. The van der Waals surface area contributed by atoms with E-state index in [9.17, 15) is 9.59 Å². The maximum atomic E-state index is 11.6. The predicted octanol–water partition coefficient (Wildman–Crippen LogP) is 2.58. The van der Waals surface area contributed by atoms with Crippen LogP contribution in [-0.4, -0.2) is 18.5 Å². The van der Waals surface area contributed by atoms with Gasteiger partial charge in [-0.1, -0.05) is 30.4 Å². The summed E-state index contributed by atoms with van der Waals surface area (Å²) in [7, 11) is 0. The highest BCUT2D eigenvalue weighted by Crippen LogP contribution is 2.09. The van der Waals surface area contributed by atoms with Crippen molar-refractivity contribution in [3.05, 3.63) is 54.1 Å². The van der Waals surface area contributed by atoms with E-state index >= 15 is 0 Å². The van der Waals surface area contributed by atoms with Crippen LogP contribution in [0.3, 0.4) is 0 Å². The Morgan fingerprint density at radius 2 is 1.81 bits per heavy atom. The van der Waals surface area contributed by atoms with Gasteiger partial charge in [0.1, 0.15) is 0 Å². The van der Waals surface area contributed by atoms with E-state index in [-0.39, 0.29) is 11.9 Å². The molecule has 21 heavy (non-hydrogen) atoms. The van der Waals surface area contributed by atoms with E-state index < -0.39 is 0 Å². The summed E-state index contributed by atoms with van der Waals surface area (Å²) in [5.74, 6) is -0.179. The maximum absolute atomic E-state index is 11.6. The van der Waals surface area contributed by atoms with Crippen LogP contribution in [-0.2, 0) is 11.3 Å². The highest BCUT2D eigenvalue weighted by Gasteiger charge is 2.00. The number of allylic oxidation sites excluding steroid dienone is 3. The Bertz CT molecular complexity index is 519. The summed E-state index contributed by atoms with van der Waals surface area (Å²) in [5, 5.41) is 8.15. The fourth-order valence-corrected chi connectivity index (χ4v) is 1.55. The molecule has 1 aromatic rings. The molecule has 1 aromatic carbocycles. The molecule has 5 heteroatoms. The summed E-state index contributed by atoms with van der Waals surface area (Å²) in [6.07, 6.45) is 6.78. The average Bonchev–Trinajstić information content (AvgIpc) is 2.47. The zero-order chi connectivity index (χ0) is 15.5. The van der Waals surface area contributed by atoms with Crippen LogP contribution in [0.2, 0.25) is 0 Å². The van der Waals surface area contributed by atoms with Gasteiger partial charge >= 0.3 is 6.03 Å². The minimum atomic E-state index is -0.191. The number of hydrogen-bond donors (Lipinski definition) is 3. The molecule has 0 aliphatic rings. The van der Waals surface area contributed by atoms with Gasteiger partial charge in [0.25, 0.3) is 0 Å². The Balaban J connectivity index is 2.46. The summed E-state index contributed by atoms with van der Waals surface area (Å²) >= 11 is 0. The number of carbonyl (C=O) groups excluding carboxylic acids is 2. The number of rotatable bonds is 6. The lowest BCUT2D eigenvalue weighted by atomic mass is 10.2. The molecule has 0 fully saturated rings. The molecule has 3 amide bonds. The predicted molar refractivity (Wildman–Crippen MR) is 84.9 cm³/mol. The third-order valence-corrected chi connectivity index (χ3v) is 2.56. The van der Waals surface area contributed by atoms with Crippen LogP contribution in [0.5, 0.6) is 0 Å². The van der Waals surface area contributed by atoms with Gasteiger partial charge in [0.2, 0.25) is 5.91 Å². The van der Waals surface area contributed by atoms with Crippen molar-refractivity contribution in [2.45, 2.75) is 20.4 Å². The first-order valence-corrected chi connectivity index (χ1v) is 6.86. The molecular formula is C16H21N3O2. The molecule has 0 aromatic heterocycles. The van der Waals surface area contributed by atoms with Crippen LogP contribution in [0.15, 0.2) is 48.6 Å². The van der Waals surface area contributed by atoms with E-state index in [2.05, 4.69) is 16.0 Å². The van der Waals surface area contributed by atoms with E-state index in [0.717, 1.165) is 5.56 Å². The van der Waals surface area contributed by atoms with Crippen LogP contribution < -0.4 is 16.0 Å². The van der Waals surface area contributed by atoms with Crippen LogP contribution in [0.25, 0.3) is 0 Å². The van der Waals surface area contributed by atoms with Gasteiger partial charge in [-0.05, 0) is 31.5 Å². The molecule has 0 radical (unpaired) electrons. The molecule has 0 aliphatic carbocycles. The number of urea groups is 1. The lowest BCUT2D eigenvalue weighted by molar-refractivity contribution is -0.111. The second-order valence-electron chi connectivity index (χ2n) is 4.28. The second-order valence-corrected chi connectivity index (χ2v) is 4.28. The van der Waals surface area contributed by atoms with Crippen molar-refractivity contribution in [1.29, 1.82) is 0 Å². The quantitative estimate of drug-likeness (QED) is 0.556. The standard InChI is InChI=1S/C16H21N3O2/c1-3-5-6-7-15(20)19-14-10-8-13(9-11-14)12-18-16(21)17-4-2/h3,5-11H,4,12H2,1-2H3,(H,19,20)(H2,17,18,21)/b5-3+,7-6+. The van der Waals surface area contributed by atoms with Gasteiger partial charge in [-0.2, -0.15) is 0 Å². The normalized spacial score (nSPS) is 10.8. The Morgan fingerprint density at radius 1 is 1.10 bits per heavy atom. The largest absolute Gasteiger partial charge is 0.338 e. The number of nitrogens with one attached hydrogen (secondary N) is 3. The lowest BCUT2D eigenvalue weighted by Gasteiger charge is -2.07. The fraction of sp³-hybridized carbons (Fsp3) is 0.250. The first-order chi connectivity index (χ1) is 10.2. The Morgan fingerprint density at radius 3 is 2.43 bits per heavy atom. The second kappa shape index (κ2) is 9.36. The first kappa shape index (κ1) is 16.5. The summed E-state index contributed by atoms with van der Waals surface area (Å²) in [6.45, 7) is 4.79. The monoisotopic (exact) mass is 287 g/mol. The molecule has 3 N–H and O–H groups in total. The van der Waals surface area contributed by atoms with Gasteiger partial charge in [-0.15, -0.1) is 0 Å². The van der Waals surface area contributed by atoms with Crippen molar-refractivity contribution in [2.75, 3.05) is 11.9 Å². The van der Waals surface area contributed by atoms with E-state index in [1.54, 1.807) is 24.3 Å². The Labute approximate surface area is 125 Å². The van der Waals surface area contributed by atoms with Gasteiger partial charge in [0.15, 0.2) is 0 Å². The Hall–Kier alpha value is -2.56. The van der Waals surface area contributed by atoms with Crippen molar-refractivity contribution < 1.29 is 9.59 Å². The number of carbonyl (C=O) groups is 2. The van der Waals surface area contributed by atoms with Crippen LogP contribution in [0.4, 0.5) is 10.5 Å². The van der Waals surface area contributed by atoms with Gasteiger partial charge in [-0.25, -0.2) is 4.79 Å². The lowest BCUT2D eigenvalue weighted by Crippen LogP contribution is -2.34. The van der Waals surface area contributed by atoms with Gasteiger partial charge in [0.05, 0.1) is 0 Å². The van der Waals surface area contributed by atoms with Crippen LogP contribution in [0.1, 0.15) is 19.4 Å². The SMILES string of the molecule is C/C=C/C=C/C(=O)Nc1ccc(CNC(=O)NCC)cc1. The van der Waals surface area contributed by atoms with E-state index in [4.69, 9.17) is 0 Å². The molecule has 0 heterocycles. The molecule has 0 aliphatic heterocycles. The van der Waals surface area contributed by atoms with Gasteiger partial charge in [0, 0.05) is 24.9 Å². The molecule has 0 unspecified atom stereocenters. The number of hydrogen-bond acceptors (Lipinski definition) is 2. The zero-order valence-corrected chi connectivity index (χ0v) is 12.3. The van der Waals surface area contributed by atoms with Crippen molar-refractivity contribution in [2.24, 2.45) is 0 Å². The minimum Gasteiger partial charge on any atom is -0.338 e. The summed E-state index contributed by atoms with van der Waals surface area (Å²) in [4.78, 5) is 22.8. The number of amides is 3. The number of benzene rings is 1. The summed E-state index contributed by atoms with van der Waals surface area (Å²) in [5.41, 5.74) is 1.68. The van der Waals surface area contributed by atoms with Crippen molar-refractivity contribution in [1.82, 2.24) is 10.6 Å². The number of anilines is 1. The third kappa shape index (κ3) is 6.96. The highest BCUT2D eigenvalue weighted by molar-refractivity contribution is 5.99. The first-order valence-electron chi connectivity index (χ1n) is 6.86. The molecular weight excluding hydrogens is 266 g/mol. The smallest absolute Gasteiger partial charge is 0.315 e. The molecule has 0 atom stereocenters. The molecule has 0 bridgehead atoms. The average molecular weight is 287 g/mol. The Kier molecular flexibility index (Phi) is 7.35. The van der Waals surface area contributed by atoms with Crippen LogP contribution >= 0.6 is 0 Å². The van der Waals surface area contributed by atoms with Crippen molar-refractivity contribution in [3.63, 3.8) is 0 Å². The molecule has 1 rings (SSSR count). The zero-order valence-electron chi connectivity index (χ0n) is 12.3.